The molecule has 0 N–H and O–H groups in total. The number of ether oxygens (including phenoxy) is 3. The number of aromatic nitrogens is 1. The zero-order valence-corrected chi connectivity index (χ0v) is 16.4. The maximum absolute atomic E-state index is 6.51. The third-order valence-electron chi connectivity index (χ3n) is 5.63. The van der Waals surface area contributed by atoms with Gasteiger partial charge in [-0.15, -0.1) is 0 Å². The van der Waals surface area contributed by atoms with Crippen LogP contribution in [0.3, 0.4) is 0 Å². The van der Waals surface area contributed by atoms with Gasteiger partial charge in [-0.1, -0.05) is 30.3 Å². The Labute approximate surface area is 170 Å². The zero-order valence-electron chi connectivity index (χ0n) is 16.4. The summed E-state index contributed by atoms with van der Waals surface area (Å²) >= 11 is 0. The van der Waals surface area contributed by atoms with Crippen molar-refractivity contribution in [3.05, 3.63) is 83.7 Å². The molecule has 1 saturated carbocycles. The number of nitrogens with zero attached hydrogens (tertiary/aromatic N) is 1. The monoisotopic (exact) mass is 385 g/mol. The molecule has 0 amide bonds. The highest BCUT2D eigenvalue weighted by Crippen LogP contribution is 2.54. The Bertz CT molecular complexity index is 1040. The molecule has 1 aliphatic heterocycles. The van der Waals surface area contributed by atoms with E-state index in [4.69, 9.17) is 14.2 Å². The van der Waals surface area contributed by atoms with Crippen molar-refractivity contribution in [3.63, 3.8) is 0 Å². The summed E-state index contributed by atoms with van der Waals surface area (Å²) < 4.78 is 18.5. The summed E-state index contributed by atoms with van der Waals surface area (Å²) in [6, 6.07) is 18.4. The number of methoxy groups -OCH3 is 1. The van der Waals surface area contributed by atoms with Gasteiger partial charge in [0, 0.05) is 30.8 Å². The lowest BCUT2D eigenvalue weighted by atomic mass is 9.94. The van der Waals surface area contributed by atoms with Crippen LogP contribution < -0.4 is 14.2 Å². The SMILES string of the molecule is COc1ccc(/C(=C\c2ccncc2)c2ccccc2)c2c1OC1(CCCC1)O2. The highest BCUT2D eigenvalue weighted by Gasteiger charge is 2.46. The molecule has 0 bridgehead atoms. The molecule has 4 nitrogen and oxygen atoms in total. The fourth-order valence-electron chi connectivity index (χ4n) is 4.19. The smallest absolute Gasteiger partial charge is 0.251 e. The number of pyridine rings is 1. The van der Waals surface area contributed by atoms with Crippen LogP contribution in [0.15, 0.2) is 67.0 Å². The lowest BCUT2D eigenvalue weighted by molar-refractivity contribution is -0.0724. The van der Waals surface area contributed by atoms with E-state index in [1.54, 1.807) is 19.5 Å². The molecule has 1 fully saturated rings. The molecular weight excluding hydrogens is 362 g/mol. The minimum absolute atomic E-state index is 0.551. The van der Waals surface area contributed by atoms with Gasteiger partial charge in [0.25, 0.3) is 5.79 Å². The van der Waals surface area contributed by atoms with Crippen LogP contribution >= 0.6 is 0 Å². The zero-order chi connectivity index (χ0) is 19.7. The van der Waals surface area contributed by atoms with Crippen molar-refractivity contribution in [3.8, 4) is 17.2 Å². The highest BCUT2D eigenvalue weighted by atomic mass is 16.7. The van der Waals surface area contributed by atoms with Crippen LogP contribution in [0.1, 0.15) is 42.4 Å². The summed E-state index contributed by atoms with van der Waals surface area (Å²) in [4.78, 5) is 4.14. The maximum Gasteiger partial charge on any atom is 0.251 e. The molecule has 2 aliphatic rings. The second-order valence-electron chi connectivity index (χ2n) is 7.50. The van der Waals surface area contributed by atoms with Crippen molar-refractivity contribution in [1.29, 1.82) is 0 Å². The number of hydrogen-bond donors (Lipinski definition) is 0. The van der Waals surface area contributed by atoms with Crippen molar-refractivity contribution >= 4 is 11.6 Å². The Hall–Kier alpha value is -3.27. The average molecular weight is 385 g/mol. The topological polar surface area (TPSA) is 40.6 Å². The first kappa shape index (κ1) is 17.8. The van der Waals surface area contributed by atoms with E-state index < -0.39 is 5.79 Å². The van der Waals surface area contributed by atoms with Crippen LogP contribution in [-0.4, -0.2) is 17.9 Å². The third kappa shape index (κ3) is 3.25. The van der Waals surface area contributed by atoms with Gasteiger partial charge in [0.05, 0.1) is 7.11 Å². The van der Waals surface area contributed by atoms with Crippen LogP contribution in [0.5, 0.6) is 17.2 Å². The van der Waals surface area contributed by atoms with Crippen LogP contribution in [0.4, 0.5) is 0 Å². The van der Waals surface area contributed by atoms with E-state index in [1.165, 1.54) is 0 Å². The Kier molecular flexibility index (Phi) is 4.47. The summed E-state index contributed by atoms with van der Waals surface area (Å²) in [5, 5.41) is 0. The molecular formula is C25H23NO3. The Morgan fingerprint density at radius 1 is 0.931 bits per heavy atom. The standard InChI is InChI=1S/C25H23NO3/c1-27-22-10-9-20(23-24(22)29-25(28-23)13-5-6-14-25)21(19-7-3-2-4-8-19)17-18-11-15-26-16-12-18/h2-4,7-12,15-17H,5-6,13-14H2,1H3/b21-17-. The molecule has 0 saturated heterocycles. The third-order valence-corrected chi connectivity index (χ3v) is 5.63. The van der Waals surface area contributed by atoms with Crippen molar-refractivity contribution in [2.24, 2.45) is 0 Å². The first-order valence-corrected chi connectivity index (χ1v) is 10.0. The quantitative estimate of drug-likeness (QED) is 0.576. The van der Waals surface area contributed by atoms with Crippen molar-refractivity contribution in [2.45, 2.75) is 31.5 Å². The van der Waals surface area contributed by atoms with Crippen molar-refractivity contribution in [2.75, 3.05) is 7.11 Å². The van der Waals surface area contributed by atoms with Gasteiger partial charge in [0.1, 0.15) is 0 Å². The summed E-state index contributed by atoms with van der Waals surface area (Å²) in [5.41, 5.74) is 4.28. The van der Waals surface area contributed by atoms with E-state index in [9.17, 15) is 0 Å². The molecule has 2 aromatic carbocycles. The summed E-state index contributed by atoms with van der Waals surface area (Å²) in [6.07, 6.45) is 9.81. The van der Waals surface area contributed by atoms with Crippen molar-refractivity contribution in [1.82, 2.24) is 4.98 Å². The van der Waals surface area contributed by atoms with Gasteiger partial charge in [0.15, 0.2) is 11.5 Å². The van der Waals surface area contributed by atoms with Gasteiger partial charge in [-0.25, -0.2) is 0 Å². The largest absolute Gasteiger partial charge is 0.493 e. The summed E-state index contributed by atoms with van der Waals surface area (Å²) in [7, 11) is 1.67. The van der Waals surface area contributed by atoms with Gasteiger partial charge < -0.3 is 14.2 Å². The minimum Gasteiger partial charge on any atom is -0.493 e. The molecule has 146 valence electrons. The van der Waals surface area contributed by atoms with Crippen molar-refractivity contribution < 1.29 is 14.2 Å². The number of hydrogen-bond acceptors (Lipinski definition) is 4. The van der Waals surface area contributed by atoms with Gasteiger partial charge in [0.2, 0.25) is 5.75 Å². The molecule has 5 rings (SSSR count). The summed E-state index contributed by atoms with van der Waals surface area (Å²) in [6.45, 7) is 0. The van der Waals surface area contributed by atoms with E-state index in [-0.39, 0.29) is 0 Å². The Morgan fingerprint density at radius 2 is 1.66 bits per heavy atom. The summed E-state index contributed by atoms with van der Waals surface area (Å²) in [5.74, 6) is 1.65. The van der Waals surface area contributed by atoms with Gasteiger partial charge in [-0.3, -0.25) is 4.98 Å². The molecule has 0 radical (unpaired) electrons. The minimum atomic E-state index is -0.551. The Morgan fingerprint density at radius 3 is 2.38 bits per heavy atom. The second-order valence-corrected chi connectivity index (χ2v) is 7.50. The van der Waals surface area contributed by atoms with Gasteiger partial charge >= 0.3 is 0 Å². The molecule has 0 unspecified atom stereocenters. The Balaban J connectivity index is 1.68. The number of rotatable bonds is 4. The lowest BCUT2D eigenvalue weighted by Gasteiger charge is -2.22. The fourth-order valence-corrected chi connectivity index (χ4v) is 4.19. The van der Waals surface area contributed by atoms with E-state index in [2.05, 4.69) is 41.4 Å². The molecule has 3 aromatic rings. The van der Waals surface area contributed by atoms with E-state index in [0.29, 0.717) is 11.5 Å². The predicted molar refractivity (Wildman–Crippen MR) is 113 cm³/mol. The maximum atomic E-state index is 6.51. The molecule has 4 heteroatoms. The highest BCUT2D eigenvalue weighted by molar-refractivity contribution is 5.94. The van der Waals surface area contributed by atoms with Crippen LogP contribution in [0.25, 0.3) is 11.6 Å². The number of fused-ring (bicyclic) bond motifs is 1. The number of benzene rings is 2. The first-order valence-electron chi connectivity index (χ1n) is 10.0. The fraction of sp³-hybridized carbons (Fsp3) is 0.240. The molecule has 1 aromatic heterocycles. The molecule has 29 heavy (non-hydrogen) atoms. The van der Waals surface area contributed by atoms with Crippen LogP contribution in [-0.2, 0) is 0 Å². The predicted octanol–water partition coefficient (Wildman–Crippen LogP) is 5.72. The lowest BCUT2D eigenvalue weighted by Crippen LogP contribution is -2.34. The molecule has 1 aliphatic carbocycles. The first-order chi connectivity index (χ1) is 14.3. The molecule has 2 heterocycles. The average Bonchev–Trinajstić information content (AvgIpc) is 3.39. The van der Waals surface area contributed by atoms with Gasteiger partial charge in [-0.05, 0) is 59.9 Å². The normalized spacial score (nSPS) is 16.9. The molecule has 1 spiro atoms. The molecule has 0 atom stereocenters. The van der Waals surface area contributed by atoms with Gasteiger partial charge in [-0.2, -0.15) is 0 Å². The van der Waals surface area contributed by atoms with Crippen LogP contribution in [0, 0.1) is 0 Å². The van der Waals surface area contributed by atoms with E-state index in [0.717, 1.165) is 53.7 Å². The van der Waals surface area contributed by atoms with E-state index >= 15 is 0 Å². The second kappa shape index (κ2) is 7.28. The van der Waals surface area contributed by atoms with Crippen LogP contribution in [0.2, 0.25) is 0 Å². The van der Waals surface area contributed by atoms with E-state index in [1.807, 2.05) is 24.3 Å².